The number of cyclic esters (lactones) is 1. The number of rotatable bonds is 7. The van der Waals surface area contributed by atoms with Gasteiger partial charge in [0.05, 0.1) is 36.6 Å². The average molecular weight is 545 g/mol. The molecule has 39 heavy (non-hydrogen) atoms. The van der Waals surface area contributed by atoms with Crippen molar-refractivity contribution < 1.29 is 43.2 Å². The SMILES string of the molecule is CC[C@@H](O)[C@H]1OC(=O)[C@H](CC)[C@H]2C=C[C@H]3[C@H]4O[C@]2(/C(C)=C/[C@H]1C)[C@@H]3[C@H](O)[C@@H](COC)[C@H]4OC(=O)c1ccoc1. The number of furan rings is 1. The molecule has 1 aromatic rings. The van der Waals surface area contributed by atoms with E-state index in [0.29, 0.717) is 12.8 Å². The number of carbonyl (C=O) groups is 2. The summed E-state index contributed by atoms with van der Waals surface area (Å²) in [6, 6.07) is 1.53. The van der Waals surface area contributed by atoms with Gasteiger partial charge in [-0.3, -0.25) is 4.79 Å². The van der Waals surface area contributed by atoms with Gasteiger partial charge in [0.25, 0.3) is 0 Å². The highest BCUT2D eigenvalue weighted by Gasteiger charge is 2.70. The predicted octanol–water partition coefficient (Wildman–Crippen LogP) is 3.30. The molecule has 9 nitrogen and oxygen atoms in total. The number of methoxy groups -OCH3 is 1. The molecule has 4 aliphatic rings. The van der Waals surface area contributed by atoms with Crippen molar-refractivity contribution in [2.75, 3.05) is 13.7 Å². The fraction of sp³-hybridized carbons (Fsp3) is 0.667. The van der Waals surface area contributed by atoms with Gasteiger partial charge in [-0.15, -0.1) is 0 Å². The van der Waals surface area contributed by atoms with E-state index in [1.807, 2.05) is 45.9 Å². The van der Waals surface area contributed by atoms with Crippen molar-refractivity contribution in [3.8, 4) is 0 Å². The van der Waals surface area contributed by atoms with E-state index in [0.717, 1.165) is 5.57 Å². The van der Waals surface area contributed by atoms with Crippen LogP contribution in [0.15, 0.2) is 46.8 Å². The second-order valence-corrected chi connectivity index (χ2v) is 11.5. The molecule has 1 saturated heterocycles. The van der Waals surface area contributed by atoms with Crippen LogP contribution in [0.3, 0.4) is 0 Å². The van der Waals surface area contributed by atoms with E-state index in [1.165, 1.54) is 18.6 Å². The van der Waals surface area contributed by atoms with E-state index in [9.17, 15) is 19.8 Å². The monoisotopic (exact) mass is 544 g/mol. The van der Waals surface area contributed by atoms with Crippen molar-refractivity contribution in [3.63, 3.8) is 0 Å². The summed E-state index contributed by atoms with van der Waals surface area (Å²) in [5.41, 5.74) is 0.132. The molecule has 0 unspecified atom stereocenters. The third-order valence-corrected chi connectivity index (χ3v) is 9.44. The number of aliphatic hydroxyl groups is 2. The van der Waals surface area contributed by atoms with Crippen LogP contribution in [0.5, 0.6) is 0 Å². The Balaban J connectivity index is 1.62. The minimum Gasteiger partial charge on any atom is -0.472 e. The first kappa shape index (κ1) is 28.1. The van der Waals surface area contributed by atoms with Gasteiger partial charge in [0, 0.05) is 36.7 Å². The van der Waals surface area contributed by atoms with E-state index in [1.54, 1.807) is 7.11 Å². The van der Waals surface area contributed by atoms with Gasteiger partial charge in [0.2, 0.25) is 0 Å². The first-order valence-electron chi connectivity index (χ1n) is 14.0. The maximum Gasteiger partial charge on any atom is 0.341 e. The summed E-state index contributed by atoms with van der Waals surface area (Å²) in [5.74, 6) is -3.37. The van der Waals surface area contributed by atoms with Crippen LogP contribution in [-0.4, -0.2) is 72.0 Å². The largest absolute Gasteiger partial charge is 0.472 e. The molecule has 0 aromatic carbocycles. The second-order valence-electron chi connectivity index (χ2n) is 11.5. The highest BCUT2D eigenvalue weighted by molar-refractivity contribution is 5.89. The van der Waals surface area contributed by atoms with Crippen LogP contribution in [-0.2, 0) is 23.7 Å². The zero-order valence-corrected chi connectivity index (χ0v) is 23.2. The van der Waals surface area contributed by atoms with Crippen molar-refractivity contribution in [2.45, 2.75) is 76.7 Å². The Morgan fingerprint density at radius 3 is 2.67 bits per heavy atom. The lowest BCUT2D eigenvalue weighted by Crippen LogP contribution is -2.59. The van der Waals surface area contributed by atoms with Crippen molar-refractivity contribution in [2.24, 2.45) is 35.5 Å². The molecule has 1 aromatic heterocycles. The Labute approximate surface area is 229 Å². The maximum absolute atomic E-state index is 13.6. The normalized spacial score (nSPS) is 43.3. The molecule has 12 atom stereocenters. The van der Waals surface area contributed by atoms with E-state index >= 15 is 0 Å². The topological polar surface area (TPSA) is 125 Å². The molecule has 3 heterocycles. The molecule has 5 rings (SSSR count). The summed E-state index contributed by atoms with van der Waals surface area (Å²) < 4.78 is 29.6. The van der Waals surface area contributed by atoms with Crippen molar-refractivity contribution >= 4 is 11.9 Å². The molecule has 2 aliphatic carbocycles. The lowest BCUT2D eigenvalue weighted by Gasteiger charge is -2.49. The van der Waals surface area contributed by atoms with Crippen LogP contribution in [0.2, 0.25) is 0 Å². The van der Waals surface area contributed by atoms with Gasteiger partial charge in [-0.1, -0.05) is 39.0 Å². The number of aliphatic hydroxyl groups excluding tert-OH is 2. The highest BCUT2D eigenvalue weighted by Crippen LogP contribution is 2.62. The van der Waals surface area contributed by atoms with Gasteiger partial charge in [-0.05, 0) is 31.4 Å². The van der Waals surface area contributed by atoms with Crippen LogP contribution in [0.1, 0.15) is 50.9 Å². The van der Waals surface area contributed by atoms with Crippen molar-refractivity contribution in [1.29, 1.82) is 0 Å². The van der Waals surface area contributed by atoms with Gasteiger partial charge in [0.1, 0.15) is 30.2 Å². The molecule has 9 heteroatoms. The van der Waals surface area contributed by atoms with E-state index < -0.39 is 59.8 Å². The summed E-state index contributed by atoms with van der Waals surface area (Å²) in [6.07, 6.45) is 5.94. The number of carbonyl (C=O) groups excluding carboxylic acids is 2. The van der Waals surface area contributed by atoms with Crippen LogP contribution < -0.4 is 0 Å². The quantitative estimate of drug-likeness (QED) is 0.393. The zero-order chi connectivity index (χ0) is 28.1. The van der Waals surface area contributed by atoms with Crippen LogP contribution in [0.4, 0.5) is 0 Å². The Morgan fingerprint density at radius 2 is 2.03 bits per heavy atom. The van der Waals surface area contributed by atoms with Crippen LogP contribution >= 0.6 is 0 Å². The Morgan fingerprint density at radius 1 is 1.26 bits per heavy atom. The average Bonchev–Trinajstić information content (AvgIpc) is 3.52. The van der Waals surface area contributed by atoms with Crippen molar-refractivity contribution in [3.05, 3.63) is 48.0 Å². The van der Waals surface area contributed by atoms with Gasteiger partial charge >= 0.3 is 11.9 Å². The molecule has 0 radical (unpaired) electrons. The number of ether oxygens (including phenoxy) is 4. The minimum atomic E-state index is -1.02. The molecule has 214 valence electrons. The molecular weight excluding hydrogens is 504 g/mol. The predicted molar refractivity (Wildman–Crippen MR) is 139 cm³/mol. The third kappa shape index (κ3) is 4.38. The highest BCUT2D eigenvalue weighted by atomic mass is 16.6. The molecule has 2 aliphatic heterocycles. The van der Waals surface area contributed by atoms with Crippen LogP contribution in [0, 0.1) is 35.5 Å². The fourth-order valence-electron chi connectivity index (χ4n) is 7.61. The van der Waals surface area contributed by atoms with Gasteiger partial charge in [-0.2, -0.15) is 0 Å². The number of hydrogen-bond acceptors (Lipinski definition) is 9. The molecule has 1 spiro atoms. The maximum atomic E-state index is 13.6. The number of hydrogen-bond donors (Lipinski definition) is 2. The lowest BCUT2D eigenvalue weighted by atomic mass is 9.56. The first-order chi connectivity index (χ1) is 18.7. The fourth-order valence-corrected chi connectivity index (χ4v) is 7.61. The molecule has 0 amide bonds. The van der Waals surface area contributed by atoms with E-state index in [-0.39, 0.29) is 35.9 Å². The minimum absolute atomic E-state index is 0.168. The Bertz CT molecular complexity index is 1110. The van der Waals surface area contributed by atoms with Crippen molar-refractivity contribution in [1.82, 2.24) is 0 Å². The van der Waals surface area contributed by atoms with Crippen LogP contribution in [0.25, 0.3) is 0 Å². The summed E-state index contributed by atoms with van der Waals surface area (Å²) in [6.45, 7) is 7.86. The smallest absolute Gasteiger partial charge is 0.341 e. The standard InChI is InChI=1S/C30H40O9/c1-6-18-21-9-8-19-23-24(32)20(14-35-5)26(38-28(33)17-10-11-36-13-17)27(19)39-30(21,23)16(4)12-15(3)25(22(31)7-2)37-29(18)34/h8-13,15,18-27,31-32H,6-7,14H2,1-5H3/b16-12+/t15-,18-,19-,20-,21-,22-,23+,24-,25+,26-,27-,30+/m1/s1. The van der Waals surface area contributed by atoms with Gasteiger partial charge < -0.3 is 33.6 Å². The molecule has 1 saturated carbocycles. The van der Waals surface area contributed by atoms with E-state index in [2.05, 4.69) is 0 Å². The molecule has 2 fully saturated rings. The van der Waals surface area contributed by atoms with Gasteiger partial charge in [0.15, 0.2) is 0 Å². The zero-order valence-electron chi connectivity index (χ0n) is 23.2. The second kappa shape index (κ2) is 10.8. The Hall–Kier alpha value is -2.46. The molecular formula is C30H40O9. The lowest BCUT2D eigenvalue weighted by molar-refractivity contribution is -0.168. The summed E-state index contributed by atoms with van der Waals surface area (Å²) in [5, 5.41) is 22.7. The molecule has 4 bridgehead atoms. The van der Waals surface area contributed by atoms with Gasteiger partial charge in [-0.25, -0.2) is 4.79 Å². The number of esters is 2. The summed E-state index contributed by atoms with van der Waals surface area (Å²) >= 11 is 0. The first-order valence-corrected chi connectivity index (χ1v) is 14.0. The summed E-state index contributed by atoms with van der Waals surface area (Å²) in [7, 11) is 1.55. The molecule has 2 N–H and O–H groups in total. The third-order valence-electron chi connectivity index (χ3n) is 9.44. The van der Waals surface area contributed by atoms with E-state index in [4.69, 9.17) is 23.4 Å². The Kier molecular flexibility index (Phi) is 7.81. The summed E-state index contributed by atoms with van der Waals surface area (Å²) in [4.78, 5) is 26.7.